The number of rotatable bonds is 6. The molecule has 0 aliphatic rings. The fourth-order valence-corrected chi connectivity index (χ4v) is 11.9. The van der Waals surface area contributed by atoms with Gasteiger partial charge in [-0.1, -0.05) is 31.3 Å². The van der Waals surface area contributed by atoms with Gasteiger partial charge in [0.15, 0.2) is 0 Å². The van der Waals surface area contributed by atoms with Gasteiger partial charge >= 0.3 is 5.97 Å². The van der Waals surface area contributed by atoms with Gasteiger partial charge in [-0.2, -0.15) is 0 Å². The molecule has 0 aromatic carbocycles. The van der Waals surface area contributed by atoms with E-state index in [4.69, 9.17) is 5.11 Å². The standard InChI is InChI=1S/C12H25FO2Si2/c1-10(7-8-11(14)15)9-12(16(2,3)4)17(5,6)13/h9,12H,7-8H2,1-6H3,(H,14,15)/b10-9+. The Morgan fingerprint density at radius 2 is 1.71 bits per heavy atom. The van der Waals surface area contributed by atoms with E-state index in [0.29, 0.717) is 6.42 Å². The molecule has 0 rings (SSSR count). The van der Waals surface area contributed by atoms with Crippen LogP contribution in [0.2, 0.25) is 37.9 Å². The minimum absolute atomic E-state index is 0.0591. The average molecular weight is 276 g/mol. The lowest BCUT2D eigenvalue weighted by atomic mass is 10.1. The molecule has 0 saturated heterocycles. The SMILES string of the molecule is C/C(=C\C([Si](C)(C)C)[Si](C)(C)F)CCC(=O)O. The van der Waals surface area contributed by atoms with Gasteiger partial charge in [0.2, 0.25) is 8.41 Å². The fourth-order valence-electron chi connectivity index (χ4n) is 2.15. The van der Waals surface area contributed by atoms with Crippen molar-refractivity contribution in [2.75, 3.05) is 0 Å². The van der Waals surface area contributed by atoms with Crippen LogP contribution >= 0.6 is 0 Å². The summed E-state index contributed by atoms with van der Waals surface area (Å²) >= 11 is 0. The van der Waals surface area contributed by atoms with E-state index < -0.39 is 22.5 Å². The molecular formula is C12H25FO2Si2. The quantitative estimate of drug-likeness (QED) is 0.448. The normalized spacial score (nSPS) is 15.8. The van der Waals surface area contributed by atoms with Crippen LogP contribution in [0.15, 0.2) is 11.6 Å². The Bertz CT molecular complexity index is 287. The maximum atomic E-state index is 14.3. The van der Waals surface area contributed by atoms with E-state index in [1.165, 1.54) is 0 Å². The maximum Gasteiger partial charge on any atom is 0.303 e. The first-order chi connectivity index (χ1) is 7.44. The zero-order valence-electron chi connectivity index (χ0n) is 11.8. The molecule has 0 aliphatic carbocycles. The molecule has 2 nitrogen and oxygen atoms in total. The summed E-state index contributed by atoms with van der Waals surface area (Å²) in [4.78, 5) is 10.5. The van der Waals surface area contributed by atoms with Gasteiger partial charge in [-0.05, 0) is 31.6 Å². The molecule has 0 saturated carbocycles. The first kappa shape index (κ1) is 16.6. The Labute approximate surface area is 106 Å². The van der Waals surface area contributed by atoms with E-state index in [2.05, 4.69) is 19.6 Å². The number of carboxylic acids is 1. The van der Waals surface area contributed by atoms with Gasteiger partial charge in [0.05, 0.1) is 8.07 Å². The number of carbonyl (C=O) groups is 1. The number of hydrogen-bond acceptors (Lipinski definition) is 1. The van der Waals surface area contributed by atoms with Crippen molar-refractivity contribution in [1.82, 2.24) is 0 Å². The van der Waals surface area contributed by atoms with Crippen LogP contribution in [0.3, 0.4) is 0 Å². The van der Waals surface area contributed by atoms with Gasteiger partial charge in [0.25, 0.3) is 0 Å². The van der Waals surface area contributed by atoms with Gasteiger partial charge in [-0.25, -0.2) is 0 Å². The number of carboxylic acid groups (broad SMARTS) is 1. The average Bonchev–Trinajstić information content (AvgIpc) is 2.07. The number of aliphatic carboxylic acids is 1. The number of allylic oxidation sites excluding steroid dienone is 2. The lowest BCUT2D eigenvalue weighted by Gasteiger charge is -2.33. The summed E-state index contributed by atoms with van der Waals surface area (Å²) in [5, 5.41) is 8.69. The van der Waals surface area contributed by atoms with Gasteiger partial charge in [-0.3, -0.25) is 4.79 Å². The summed E-state index contributed by atoms with van der Waals surface area (Å²) in [6.07, 6.45) is 2.68. The smallest absolute Gasteiger partial charge is 0.303 e. The van der Waals surface area contributed by atoms with Crippen molar-refractivity contribution < 1.29 is 14.0 Å². The first-order valence-electron chi connectivity index (χ1n) is 6.02. The molecule has 0 bridgehead atoms. The molecule has 0 heterocycles. The Hall–Kier alpha value is -0.426. The molecule has 17 heavy (non-hydrogen) atoms. The third-order valence-corrected chi connectivity index (χ3v) is 11.2. The van der Waals surface area contributed by atoms with Gasteiger partial charge < -0.3 is 9.21 Å². The minimum Gasteiger partial charge on any atom is -0.481 e. The van der Waals surface area contributed by atoms with Crippen molar-refractivity contribution in [2.45, 2.75) is 57.7 Å². The second-order valence-corrected chi connectivity index (χ2v) is 16.0. The van der Waals surface area contributed by atoms with E-state index in [1.807, 2.05) is 13.0 Å². The summed E-state index contributed by atoms with van der Waals surface area (Å²) in [6.45, 7) is 11.9. The molecule has 1 unspecified atom stereocenters. The molecule has 0 aromatic heterocycles. The number of hydrogen-bond donors (Lipinski definition) is 1. The van der Waals surface area contributed by atoms with Crippen LogP contribution in [0.1, 0.15) is 19.8 Å². The van der Waals surface area contributed by atoms with Crippen molar-refractivity contribution in [3.05, 3.63) is 11.6 Å². The molecular weight excluding hydrogens is 251 g/mol. The van der Waals surface area contributed by atoms with E-state index in [1.54, 1.807) is 13.1 Å². The van der Waals surface area contributed by atoms with Crippen molar-refractivity contribution in [3.63, 3.8) is 0 Å². The second kappa shape index (κ2) is 5.95. The number of halogens is 1. The van der Waals surface area contributed by atoms with Crippen LogP contribution in [0.25, 0.3) is 0 Å². The summed E-state index contributed by atoms with van der Waals surface area (Å²) in [5.74, 6) is -0.793. The first-order valence-corrected chi connectivity index (χ1v) is 12.6. The van der Waals surface area contributed by atoms with Crippen LogP contribution in [0.5, 0.6) is 0 Å². The van der Waals surface area contributed by atoms with E-state index in [0.717, 1.165) is 5.57 Å². The third-order valence-electron chi connectivity index (χ3n) is 2.86. The summed E-state index contributed by atoms with van der Waals surface area (Å²) < 4.78 is 14.3. The van der Waals surface area contributed by atoms with Crippen molar-refractivity contribution in [3.8, 4) is 0 Å². The highest BCUT2D eigenvalue weighted by atomic mass is 28.4. The molecule has 5 heteroatoms. The molecule has 0 fully saturated rings. The van der Waals surface area contributed by atoms with Crippen LogP contribution < -0.4 is 0 Å². The van der Waals surface area contributed by atoms with Gasteiger partial charge in [0.1, 0.15) is 0 Å². The van der Waals surface area contributed by atoms with Gasteiger partial charge in [-0.15, -0.1) is 0 Å². The third kappa shape index (κ3) is 6.78. The maximum absolute atomic E-state index is 14.3. The van der Waals surface area contributed by atoms with Gasteiger partial charge in [0, 0.05) is 6.42 Å². The molecule has 0 radical (unpaired) electrons. The Morgan fingerprint density at radius 1 is 1.24 bits per heavy atom. The summed E-state index contributed by atoms with van der Waals surface area (Å²) in [6, 6.07) is 0. The van der Waals surface area contributed by atoms with Crippen molar-refractivity contribution >= 4 is 22.5 Å². The fraction of sp³-hybridized carbons (Fsp3) is 0.750. The predicted molar refractivity (Wildman–Crippen MR) is 76.3 cm³/mol. The van der Waals surface area contributed by atoms with Crippen molar-refractivity contribution in [1.29, 1.82) is 0 Å². The molecule has 100 valence electrons. The lowest BCUT2D eigenvalue weighted by Crippen LogP contribution is -2.42. The molecule has 1 N–H and O–H groups in total. The topological polar surface area (TPSA) is 37.3 Å². The molecule has 1 atom stereocenters. The molecule has 0 aliphatic heterocycles. The largest absolute Gasteiger partial charge is 0.481 e. The molecule has 0 spiro atoms. The van der Waals surface area contributed by atoms with E-state index in [-0.39, 0.29) is 11.6 Å². The molecule has 0 amide bonds. The monoisotopic (exact) mass is 276 g/mol. The van der Waals surface area contributed by atoms with E-state index >= 15 is 0 Å². The van der Waals surface area contributed by atoms with Crippen LogP contribution in [-0.2, 0) is 4.79 Å². The highest BCUT2D eigenvalue weighted by molar-refractivity contribution is 6.94. The zero-order chi connectivity index (χ0) is 13.9. The summed E-state index contributed by atoms with van der Waals surface area (Å²) in [5.41, 5.74) is 1.01. The highest BCUT2D eigenvalue weighted by Crippen LogP contribution is 2.35. The Morgan fingerprint density at radius 3 is 2.00 bits per heavy atom. The van der Waals surface area contributed by atoms with Crippen LogP contribution in [-0.4, -0.2) is 27.6 Å². The van der Waals surface area contributed by atoms with Crippen LogP contribution in [0, 0.1) is 0 Å². The Balaban J connectivity index is 4.86. The zero-order valence-corrected chi connectivity index (χ0v) is 13.8. The lowest BCUT2D eigenvalue weighted by molar-refractivity contribution is -0.136. The Kier molecular flexibility index (Phi) is 5.80. The predicted octanol–water partition coefficient (Wildman–Crippen LogP) is 4.22. The highest BCUT2D eigenvalue weighted by Gasteiger charge is 2.40. The minimum atomic E-state index is -2.70. The van der Waals surface area contributed by atoms with Crippen LogP contribution in [0.4, 0.5) is 4.11 Å². The summed E-state index contributed by atoms with van der Waals surface area (Å²) in [7, 11) is -4.28. The second-order valence-electron chi connectivity index (χ2n) is 6.31. The van der Waals surface area contributed by atoms with Crippen molar-refractivity contribution in [2.24, 2.45) is 0 Å². The van der Waals surface area contributed by atoms with E-state index in [9.17, 15) is 8.90 Å². The molecule has 0 aromatic rings.